The standard InChI is InChI=1S/C14H26N4O/c1-4-7-11(19)10-16-14-9-13(15-8-5-2)17-12(6-3)18-14/h9,11,19H,4-8,10H2,1-3H3,(H2,15,16,17,18). The molecule has 108 valence electrons. The highest BCUT2D eigenvalue weighted by atomic mass is 16.3. The van der Waals surface area contributed by atoms with Crippen LogP contribution in [-0.2, 0) is 6.42 Å². The van der Waals surface area contributed by atoms with Crippen LogP contribution in [0.3, 0.4) is 0 Å². The molecule has 0 radical (unpaired) electrons. The Morgan fingerprint density at radius 1 is 1.11 bits per heavy atom. The molecular formula is C14H26N4O. The maximum Gasteiger partial charge on any atom is 0.132 e. The molecule has 1 heterocycles. The van der Waals surface area contributed by atoms with E-state index in [1.54, 1.807) is 0 Å². The van der Waals surface area contributed by atoms with Crippen molar-refractivity contribution in [3.8, 4) is 0 Å². The van der Waals surface area contributed by atoms with Gasteiger partial charge < -0.3 is 15.7 Å². The minimum Gasteiger partial charge on any atom is -0.391 e. The molecule has 5 heteroatoms. The lowest BCUT2D eigenvalue weighted by Crippen LogP contribution is -2.20. The molecule has 5 nitrogen and oxygen atoms in total. The number of anilines is 2. The fourth-order valence-electron chi connectivity index (χ4n) is 1.75. The number of aliphatic hydroxyl groups is 1. The topological polar surface area (TPSA) is 70.1 Å². The van der Waals surface area contributed by atoms with Gasteiger partial charge in [-0.3, -0.25) is 0 Å². The zero-order valence-electron chi connectivity index (χ0n) is 12.2. The van der Waals surface area contributed by atoms with E-state index < -0.39 is 0 Å². The summed E-state index contributed by atoms with van der Waals surface area (Å²) in [5.74, 6) is 2.44. The summed E-state index contributed by atoms with van der Waals surface area (Å²) < 4.78 is 0. The van der Waals surface area contributed by atoms with Crippen molar-refractivity contribution in [1.82, 2.24) is 9.97 Å². The second-order valence-electron chi connectivity index (χ2n) is 4.66. The smallest absolute Gasteiger partial charge is 0.132 e. The number of nitrogens with one attached hydrogen (secondary N) is 2. The van der Waals surface area contributed by atoms with Gasteiger partial charge in [0.05, 0.1) is 6.10 Å². The summed E-state index contributed by atoms with van der Waals surface area (Å²) >= 11 is 0. The van der Waals surface area contributed by atoms with Crippen LogP contribution in [0.5, 0.6) is 0 Å². The van der Waals surface area contributed by atoms with E-state index in [4.69, 9.17) is 0 Å². The predicted molar refractivity (Wildman–Crippen MR) is 79.6 cm³/mol. The molecule has 3 N–H and O–H groups in total. The molecule has 1 atom stereocenters. The van der Waals surface area contributed by atoms with Crippen molar-refractivity contribution in [3.63, 3.8) is 0 Å². The Bertz CT molecular complexity index is 370. The summed E-state index contributed by atoms with van der Waals surface area (Å²) in [4.78, 5) is 8.85. The molecule has 19 heavy (non-hydrogen) atoms. The number of hydrogen-bond donors (Lipinski definition) is 3. The van der Waals surface area contributed by atoms with E-state index >= 15 is 0 Å². The van der Waals surface area contributed by atoms with Gasteiger partial charge in [0.25, 0.3) is 0 Å². The molecule has 1 rings (SSSR count). The molecule has 0 aromatic carbocycles. The SMILES string of the molecule is CCCNc1cc(NCC(O)CCC)nc(CC)n1. The summed E-state index contributed by atoms with van der Waals surface area (Å²) in [6.45, 7) is 7.65. The van der Waals surface area contributed by atoms with Gasteiger partial charge in [-0.1, -0.05) is 27.2 Å². The second kappa shape index (κ2) is 8.69. The Morgan fingerprint density at radius 3 is 2.37 bits per heavy atom. The van der Waals surface area contributed by atoms with Crippen LogP contribution in [0.15, 0.2) is 6.07 Å². The van der Waals surface area contributed by atoms with Crippen molar-refractivity contribution in [2.24, 2.45) is 0 Å². The quantitative estimate of drug-likeness (QED) is 0.640. The monoisotopic (exact) mass is 266 g/mol. The summed E-state index contributed by atoms with van der Waals surface area (Å²) in [5, 5.41) is 16.2. The molecule has 0 fully saturated rings. The van der Waals surface area contributed by atoms with E-state index in [1.165, 1.54) is 0 Å². The van der Waals surface area contributed by atoms with Gasteiger partial charge in [0.15, 0.2) is 0 Å². The summed E-state index contributed by atoms with van der Waals surface area (Å²) in [5.41, 5.74) is 0. The van der Waals surface area contributed by atoms with E-state index in [-0.39, 0.29) is 6.10 Å². The van der Waals surface area contributed by atoms with E-state index in [0.717, 1.165) is 49.7 Å². The van der Waals surface area contributed by atoms with Gasteiger partial charge in [-0.05, 0) is 12.8 Å². The van der Waals surface area contributed by atoms with Crippen LogP contribution in [-0.4, -0.2) is 34.3 Å². The predicted octanol–water partition coefficient (Wildman–Crippen LogP) is 2.43. The minimum atomic E-state index is -0.322. The highest BCUT2D eigenvalue weighted by Gasteiger charge is 2.06. The first-order valence-corrected chi connectivity index (χ1v) is 7.23. The van der Waals surface area contributed by atoms with E-state index in [2.05, 4.69) is 34.4 Å². The molecule has 1 aromatic rings. The fourth-order valence-corrected chi connectivity index (χ4v) is 1.75. The highest BCUT2D eigenvalue weighted by Crippen LogP contribution is 2.12. The van der Waals surface area contributed by atoms with Crippen LogP contribution in [0.2, 0.25) is 0 Å². The van der Waals surface area contributed by atoms with E-state index in [1.807, 2.05) is 13.0 Å². The second-order valence-corrected chi connectivity index (χ2v) is 4.66. The first-order chi connectivity index (χ1) is 9.19. The average molecular weight is 266 g/mol. The zero-order valence-corrected chi connectivity index (χ0v) is 12.2. The van der Waals surface area contributed by atoms with Crippen molar-refractivity contribution >= 4 is 11.6 Å². The Balaban J connectivity index is 2.65. The minimum absolute atomic E-state index is 0.322. The van der Waals surface area contributed by atoms with Crippen LogP contribution in [0, 0.1) is 0 Å². The molecule has 0 aliphatic carbocycles. The molecule has 1 aromatic heterocycles. The molecule has 0 spiro atoms. The van der Waals surface area contributed by atoms with Crippen molar-refractivity contribution in [3.05, 3.63) is 11.9 Å². The molecule has 0 saturated carbocycles. The maximum absolute atomic E-state index is 9.73. The van der Waals surface area contributed by atoms with Crippen molar-refractivity contribution in [2.75, 3.05) is 23.7 Å². The largest absolute Gasteiger partial charge is 0.391 e. The van der Waals surface area contributed by atoms with Gasteiger partial charge >= 0.3 is 0 Å². The fraction of sp³-hybridized carbons (Fsp3) is 0.714. The first kappa shape index (κ1) is 15.7. The van der Waals surface area contributed by atoms with Gasteiger partial charge in [-0.15, -0.1) is 0 Å². The normalized spacial score (nSPS) is 12.2. The number of hydrogen-bond acceptors (Lipinski definition) is 5. The summed E-state index contributed by atoms with van der Waals surface area (Å²) in [7, 11) is 0. The van der Waals surface area contributed by atoms with Crippen molar-refractivity contribution in [2.45, 2.75) is 52.6 Å². The Morgan fingerprint density at radius 2 is 1.79 bits per heavy atom. The Kier molecular flexibility index (Phi) is 7.18. The molecule has 0 aliphatic heterocycles. The third-order valence-electron chi connectivity index (χ3n) is 2.79. The van der Waals surface area contributed by atoms with Crippen LogP contribution in [0.1, 0.15) is 45.9 Å². The number of aliphatic hydroxyl groups excluding tert-OH is 1. The van der Waals surface area contributed by atoms with Crippen molar-refractivity contribution in [1.29, 1.82) is 0 Å². The van der Waals surface area contributed by atoms with E-state index in [9.17, 15) is 5.11 Å². The van der Waals surface area contributed by atoms with Gasteiger partial charge in [0, 0.05) is 25.6 Å². The molecular weight excluding hydrogens is 240 g/mol. The molecule has 1 unspecified atom stereocenters. The molecule has 0 amide bonds. The average Bonchev–Trinajstić information content (AvgIpc) is 2.43. The zero-order chi connectivity index (χ0) is 14.1. The van der Waals surface area contributed by atoms with Gasteiger partial charge in [-0.2, -0.15) is 0 Å². The number of aryl methyl sites for hydroxylation is 1. The lowest BCUT2D eigenvalue weighted by molar-refractivity contribution is 0.176. The van der Waals surface area contributed by atoms with Crippen LogP contribution in [0.25, 0.3) is 0 Å². The number of aromatic nitrogens is 2. The van der Waals surface area contributed by atoms with Crippen molar-refractivity contribution < 1.29 is 5.11 Å². The van der Waals surface area contributed by atoms with Gasteiger partial charge in [0.2, 0.25) is 0 Å². The molecule has 0 saturated heterocycles. The Hall–Kier alpha value is -1.36. The first-order valence-electron chi connectivity index (χ1n) is 7.23. The molecule has 0 bridgehead atoms. The third-order valence-corrected chi connectivity index (χ3v) is 2.79. The van der Waals surface area contributed by atoms with E-state index in [0.29, 0.717) is 6.54 Å². The Labute approximate surface area is 115 Å². The number of nitrogens with zero attached hydrogens (tertiary/aromatic N) is 2. The third kappa shape index (κ3) is 5.87. The summed E-state index contributed by atoms with van der Waals surface area (Å²) in [6.07, 6.45) is 3.32. The van der Waals surface area contributed by atoms with Crippen LogP contribution in [0.4, 0.5) is 11.6 Å². The number of rotatable bonds is 9. The lowest BCUT2D eigenvalue weighted by Gasteiger charge is -2.13. The van der Waals surface area contributed by atoms with Gasteiger partial charge in [0.1, 0.15) is 17.5 Å². The van der Waals surface area contributed by atoms with Crippen LogP contribution >= 0.6 is 0 Å². The highest BCUT2D eigenvalue weighted by molar-refractivity contribution is 5.47. The maximum atomic E-state index is 9.73. The molecule has 0 aliphatic rings. The summed E-state index contributed by atoms with van der Waals surface area (Å²) in [6, 6.07) is 1.90. The van der Waals surface area contributed by atoms with Crippen LogP contribution < -0.4 is 10.6 Å². The lowest BCUT2D eigenvalue weighted by atomic mass is 10.2. The van der Waals surface area contributed by atoms with Gasteiger partial charge in [-0.25, -0.2) is 9.97 Å².